The SMILES string of the molecule is CCOCCCNC(=O)c1cc(NC(=O)Cc2ccc(OC)cc2)ccc1N1CCCCC1. The lowest BCUT2D eigenvalue weighted by Crippen LogP contribution is -2.33. The molecule has 1 aliphatic heterocycles. The number of anilines is 2. The van der Waals surface area contributed by atoms with Crippen LogP contribution in [0.1, 0.15) is 48.5 Å². The van der Waals surface area contributed by atoms with Crippen molar-refractivity contribution in [3.05, 3.63) is 53.6 Å². The van der Waals surface area contributed by atoms with Crippen molar-refractivity contribution in [1.29, 1.82) is 0 Å². The lowest BCUT2D eigenvalue weighted by molar-refractivity contribution is -0.115. The number of nitrogens with zero attached hydrogens (tertiary/aromatic N) is 1. The summed E-state index contributed by atoms with van der Waals surface area (Å²) < 4.78 is 10.5. The number of benzene rings is 2. The largest absolute Gasteiger partial charge is 0.497 e. The van der Waals surface area contributed by atoms with Crippen molar-refractivity contribution >= 4 is 23.2 Å². The van der Waals surface area contributed by atoms with E-state index in [1.165, 1.54) is 6.42 Å². The van der Waals surface area contributed by atoms with Crippen LogP contribution in [-0.4, -0.2) is 51.8 Å². The zero-order chi connectivity index (χ0) is 23.5. The first kappa shape index (κ1) is 24.6. The second-order valence-electron chi connectivity index (χ2n) is 8.16. The van der Waals surface area contributed by atoms with Gasteiger partial charge in [0.1, 0.15) is 5.75 Å². The summed E-state index contributed by atoms with van der Waals surface area (Å²) in [6.45, 7) is 5.67. The minimum absolute atomic E-state index is 0.127. The monoisotopic (exact) mass is 453 g/mol. The zero-order valence-corrected chi connectivity index (χ0v) is 19.7. The van der Waals surface area contributed by atoms with Crippen LogP contribution in [0.4, 0.5) is 11.4 Å². The number of carbonyl (C=O) groups excluding carboxylic acids is 2. The van der Waals surface area contributed by atoms with E-state index in [1.54, 1.807) is 13.2 Å². The molecule has 1 aliphatic rings. The van der Waals surface area contributed by atoms with Gasteiger partial charge in [-0.3, -0.25) is 9.59 Å². The Kier molecular flexibility index (Phi) is 9.57. The summed E-state index contributed by atoms with van der Waals surface area (Å²) >= 11 is 0. The molecule has 2 N–H and O–H groups in total. The Balaban J connectivity index is 1.69. The van der Waals surface area contributed by atoms with Gasteiger partial charge in [-0.2, -0.15) is 0 Å². The average Bonchev–Trinajstić information content (AvgIpc) is 2.84. The van der Waals surface area contributed by atoms with E-state index in [0.717, 1.165) is 49.4 Å². The van der Waals surface area contributed by atoms with Crippen LogP contribution in [0.2, 0.25) is 0 Å². The van der Waals surface area contributed by atoms with E-state index in [1.807, 2.05) is 43.3 Å². The third kappa shape index (κ3) is 7.49. The first-order valence-electron chi connectivity index (χ1n) is 11.8. The molecule has 7 heteroatoms. The summed E-state index contributed by atoms with van der Waals surface area (Å²) in [5.74, 6) is 0.497. The molecule has 0 saturated carbocycles. The predicted molar refractivity (Wildman–Crippen MR) is 131 cm³/mol. The van der Waals surface area contributed by atoms with Gasteiger partial charge in [0, 0.05) is 44.2 Å². The Morgan fingerprint density at radius 2 is 1.79 bits per heavy atom. The summed E-state index contributed by atoms with van der Waals surface area (Å²) in [5.41, 5.74) is 3.03. The van der Waals surface area contributed by atoms with Crippen molar-refractivity contribution in [2.24, 2.45) is 0 Å². The Morgan fingerprint density at radius 3 is 2.48 bits per heavy atom. The number of methoxy groups -OCH3 is 1. The highest BCUT2D eigenvalue weighted by Gasteiger charge is 2.19. The maximum atomic E-state index is 13.0. The molecule has 0 unspecified atom stereocenters. The van der Waals surface area contributed by atoms with Gasteiger partial charge in [0.15, 0.2) is 0 Å². The van der Waals surface area contributed by atoms with E-state index in [4.69, 9.17) is 9.47 Å². The number of piperidine rings is 1. The molecule has 1 saturated heterocycles. The normalized spacial score (nSPS) is 13.5. The molecule has 2 aromatic carbocycles. The summed E-state index contributed by atoms with van der Waals surface area (Å²) in [6, 6.07) is 13.0. The van der Waals surface area contributed by atoms with Gasteiger partial charge < -0.3 is 25.0 Å². The molecule has 1 heterocycles. The first-order valence-corrected chi connectivity index (χ1v) is 11.8. The van der Waals surface area contributed by atoms with E-state index < -0.39 is 0 Å². The number of nitrogens with one attached hydrogen (secondary N) is 2. The van der Waals surface area contributed by atoms with Gasteiger partial charge in [-0.1, -0.05) is 12.1 Å². The summed E-state index contributed by atoms with van der Waals surface area (Å²) in [5, 5.41) is 5.94. The average molecular weight is 454 g/mol. The van der Waals surface area contributed by atoms with Gasteiger partial charge in [-0.25, -0.2) is 0 Å². The van der Waals surface area contributed by atoms with Crippen LogP contribution in [0.25, 0.3) is 0 Å². The summed E-state index contributed by atoms with van der Waals surface area (Å²) in [6.07, 6.45) is 4.47. The fourth-order valence-corrected chi connectivity index (χ4v) is 3.96. The fourth-order valence-electron chi connectivity index (χ4n) is 3.96. The zero-order valence-electron chi connectivity index (χ0n) is 19.7. The molecule has 33 heavy (non-hydrogen) atoms. The fraction of sp³-hybridized carbons (Fsp3) is 0.462. The lowest BCUT2D eigenvalue weighted by atomic mass is 10.1. The topological polar surface area (TPSA) is 79.9 Å². The molecule has 0 atom stereocenters. The lowest BCUT2D eigenvalue weighted by Gasteiger charge is -2.30. The Hall–Kier alpha value is -3.06. The number of amides is 2. The van der Waals surface area contributed by atoms with Crippen LogP contribution >= 0.6 is 0 Å². The second kappa shape index (κ2) is 12.8. The second-order valence-corrected chi connectivity index (χ2v) is 8.16. The van der Waals surface area contributed by atoms with Crippen LogP contribution < -0.4 is 20.3 Å². The van der Waals surface area contributed by atoms with Crippen LogP contribution in [0.3, 0.4) is 0 Å². The number of rotatable bonds is 11. The maximum absolute atomic E-state index is 13.0. The quantitative estimate of drug-likeness (QED) is 0.503. The molecule has 0 aliphatic carbocycles. The van der Waals surface area contributed by atoms with Crippen molar-refractivity contribution in [3.63, 3.8) is 0 Å². The highest BCUT2D eigenvalue weighted by molar-refractivity contribution is 6.02. The van der Waals surface area contributed by atoms with Crippen LogP contribution in [-0.2, 0) is 16.0 Å². The molecule has 178 valence electrons. The van der Waals surface area contributed by atoms with E-state index in [9.17, 15) is 9.59 Å². The minimum atomic E-state index is -0.131. The highest BCUT2D eigenvalue weighted by Crippen LogP contribution is 2.27. The molecule has 0 aromatic heterocycles. The molecule has 0 spiro atoms. The summed E-state index contributed by atoms with van der Waals surface area (Å²) in [7, 11) is 1.61. The number of ether oxygens (including phenoxy) is 2. The van der Waals surface area contributed by atoms with E-state index in [2.05, 4.69) is 15.5 Å². The maximum Gasteiger partial charge on any atom is 0.253 e. The standard InChI is InChI=1S/C26H35N3O4/c1-3-33-17-7-14-27-26(31)23-19-21(10-13-24(23)29-15-5-4-6-16-29)28-25(30)18-20-8-11-22(32-2)12-9-20/h8-13,19H,3-7,14-18H2,1-2H3,(H,27,31)(H,28,30). The first-order chi connectivity index (χ1) is 16.1. The highest BCUT2D eigenvalue weighted by atomic mass is 16.5. The predicted octanol–water partition coefficient (Wildman–Crippen LogP) is 4.02. The van der Waals surface area contributed by atoms with E-state index in [-0.39, 0.29) is 18.2 Å². The molecule has 3 rings (SSSR count). The van der Waals surface area contributed by atoms with E-state index in [0.29, 0.717) is 31.0 Å². The third-order valence-electron chi connectivity index (χ3n) is 5.70. The van der Waals surface area contributed by atoms with Crippen molar-refractivity contribution in [3.8, 4) is 5.75 Å². The van der Waals surface area contributed by atoms with Crippen molar-refractivity contribution < 1.29 is 19.1 Å². The minimum Gasteiger partial charge on any atom is -0.497 e. The molecular formula is C26H35N3O4. The molecule has 1 fully saturated rings. The van der Waals surface area contributed by atoms with E-state index >= 15 is 0 Å². The smallest absolute Gasteiger partial charge is 0.253 e. The van der Waals surface area contributed by atoms with Gasteiger partial charge in [-0.15, -0.1) is 0 Å². The third-order valence-corrected chi connectivity index (χ3v) is 5.70. The van der Waals surface area contributed by atoms with Crippen molar-refractivity contribution in [1.82, 2.24) is 5.32 Å². The molecule has 7 nitrogen and oxygen atoms in total. The Bertz CT molecular complexity index is 908. The Morgan fingerprint density at radius 1 is 1.03 bits per heavy atom. The van der Waals surface area contributed by atoms with Crippen LogP contribution in [0.15, 0.2) is 42.5 Å². The van der Waals surface area contributed by atoms with Gasteiger partial charge >= 0.3 is 0 Å². The van der Waals surface area contributed by atoms with Gasteiger partial charge in [0.25, 0.3) is 5.91 Å². The van der Waals surface area contributed by atoms with Crippen molar-refractivity contribution in [2.75, 3.05) is 50.2 Å². The molecule has 0 radical (unpaired) electrons. The van der Waals surface area contributed by atoms with Gasteiger partial charge in [0.2, 0.25) is 5.91 Å². The van der Waals surface area contributed by atoms with Crippen LogP contribution in [0.5, 0.6) is 5.75 Å². The van der Waals surface area contributed by atoms with Gasteiger partial charge in [-0.05, 0) is 68.5 Å². The number of hydrogen-bond acceptors (Lipinski definition) is 5. The molecule has 0 bridgehead atoms. The summed E-state index contributed by atoms with van der Waals surface area (Å²) in [4.78, 5) is 27.9. The number of hydrogen-bond donors (Lipinski definition) is 2. The molecule has 2 aromatic rings. The van der Waals surface area contributed by atoms with Gasteiger partial charge in [0.05, 0.1) is 19.1 Å². The molecular weight excluding hydrogens is 418 g/mol. The molecule has 2 amide bonds. The van der Waals surface area contributed by atoms with Crippen molar-refractivity contribution in [2.45, 2.75) is 39.0 Å². The number of carbonyl (C=O) groups is 2. The Labute approximate surface area is 196 Å². The van der Waals surface area contributed by atoms with Crippen LogP contribution in [0, 0.1) is 0 Å².